The monoisotopic (exact) mass is 394 g/mol. The molecule has 0 aliphatic heterocycles. The number of hydrogen-bond donors (Lipinski definition) is 1. The molecule has 0 unspecified atom stereocenters. The third kappa shape index (κ3) is 8.87. The summed E-state index contributed by atoms with van der Waals surface area (Å²) in [6, 6.07) is 1.26. The predicted molar refractivity (Wildman–Crippen MR) is 97.6 cm³/mol. The van der Waals surface area contributed by atoms with Crippen molar-refractivity contribution in [3.05, 3.63) is 16.4 Å². The highest BCUT2D eigenvalue weighted by Gasteiger charge is 2.29. The molecule has 0 radical (unpaired) electrons. The van der Waals surface area contributed by atoms with Crippen LogP contribution in [0, 0.1) is 0 Å². The number of hydrogen-bond acceptors (Lipinski definition) is 8. The number of ether oxygens (including phenoxy) is 2. The molecule has 8 nitrogen and oxygen atoms in total. The molecule has 10 heteroatoms. The van der Waals surface area contributed by atoms with Crippen molar-refractivity contribution in [1.82, 2.24) is 9.97 Å². The molecule has 0 bridgehead atoms. The number of rotatable bonds is 11. The highest BCUT2D eigenvalue weighted by atomic mass is 32.2. The SMILES string of the molecule is CSc1nc(OC[C@H](C)OCP(=O)(OC(C)C)OC(C)C)cc(=O)[nH]1. The fourth-order valence-electron chi connectivity index (χ4n) is 1.78. The Hall–Kier alpha value is -0.860. The van der Waals surface area contributed by atoms with Crippen molar-refractivity contribution in [3.63, 3.8) is 0 Å². The van der Waals surface area contributed by atoms with Crippen LogP contribution in [0.3, 0.4) is 0 Å². The molecule has 1 rings (SSSR count). The van der Waals surface area contributed by atoms with Crippen molar-refractivity contribution in [2.75, 3.05) is 19.2 Å². The zero-order valence-electron chi connectivity index (χ0n) is 15.5. The molecule has 0 spiro atoms. The Morgan fingerprint density at radius 3 is 2.32 bits per heavy atom. The van der Waals surface area contributed by atoms with Crippen LogP contribution in [-0.2, 0) is 18.3 Å². The maximum Gasteiger partial charge on any atom is 0.356 e. The first-order valence-corrected chi connectivity index (χ1v) is 10.9. The zero-order chi connectivity index (χ0) is 19.0. The van der Waals surface area contributed by atoms with Crippen molar-refractivity contribution in [1.29, 1.82) is 0 Å². The van der Waals surface area contributed by atoms with E-state index in [-0.39, 0.29) is 36.6 Å². The quantitative estimate of drug-likeness (QED) is 0.347. The molecule has 0 saturated carbocycles. The minimum absolute atomic E-state index is 0.146. The Morgan fingerprint density at radius 2 is 1.80 bits per heavy atom. The van der Waals surface area contributed by atoms with Gasteiger partial charge in [0.15, 0.2) is 5.16 Å². The van der Waals surface area contributed by atoms with Gasteiger partial charge in [-0.15, -0.1) is 0 Å². The first-order valence-electron chi connectivity index (χ1n) is 7.99. The minimum Gasteiger partial charge on any atom is -0.475 e. The Balaban J connectivity index is 2.57. The van der Waals surface area contributed by atoms with Gasteiger partial charge in [0, 0.05) is 0 Å². The third-order valence-electron chi connectivity index (χ3n) is 2.62. The molecule has 0 aromatic carbocycles. The van der Waals surface area contributed by atoms with E-state index < -0.39 is 13.7 Å². The summed E-state index contributed by atoms with van der Waals surface area (Å²) in [6.45, 7) is 9.04. The van der Waals surface area contributed by atoms with E-state index in [9.17, 15) is 9.36 Å². The molecule has 0 aliphatic carbocycles. The summed E-state index contributed by atoms with van der Waals surface area (Å²) in [5, 5.41) is 0.469. The summed E-state index contributed by atoms with van der Waals surface area (Å²) < 4.78 is 34.5. The summed E-state index contributed by atoms with van der Waals surface area (Å²) in [7, 11) is -3.35. The van der Waals surface area contributed by atoms with Crippen LogP contribution in [-0.4, -0.2) is 47.5 Å². The van der Waals surface area contributed by atoms with Crippen LogP contribution in [0.25, 0.3) is 0 Å². The first kappa shape index (κ1) is 22.2. The largest absolute Gasteiger partial charge is 0.475 e. The van der Waals surface area contributed by atoms with E-state index in [4.69, 9.17) is 18.5 Å². The number of aromatic amines is 1. The van der Waals surface area contributed by atoms with Gasteiger partial charge in [-0.25, -0.2) is 0 Å². The van der Waals surface area contributed by atoms with Crippen molar-refractivity contribution in [3.8, 4) is 5.88 Å². The van der Waals surface area contributed by atoms with Crippen LogP contribution < -0.4 is 10.3 Å². The molecule has 1 heterocycles. The molecule has 0 amide bonds. The van der Waals surface area contributed by atoms with Crippen LogP contribution in [0.4, 0.5) is 0 Å². The second-order valence-electron chi connectivity index (χ2n) is 5.93. The number of nitrogens with zero attached hydrogens (tertiary/aromatic N) is 1. The molecule has 1 aromatic heterocycles. The minimum atomic E-state index is -3.35. The molecule has 1 atom stereocenters. The lowest BCUT2D eigenvalue weighted by Crippen LogP contribution is -2.22. The van der Waals surface area contributed by atoms with Crippen molar-refractivity contribution < 1.29 is 23.1 Å². The fraction of sp³-hybridized carbons (Fsp3) is 0.733. The van der Waals surface area contributed by atoms with Gasteiger partial charge in [-0.1, -0.05) is 11.8 Å². The molecule has 144 valence electrons. The van der Waals surface area contributed by atoms with E-state index in [1.807, 2.05) is 0 Å². The van der Waals surface area contributed by atoms with Crippen LogP contribution in [0.15, 0.2) is 16.0 Å². The lowest BCUT2D eigenvalue weighted by molar-refractivity contribution is 0.0355. The first-order chi connectivity index (χ1) is 11.6. The number of nitrogens with one attached hydrogen (secondary N) is 1. The van der Waals surface area contributed by atoms with E-state index in [1.54, 1.807) is 40.9 Å². The Labute approximate surface area is 152 Å². The van der Waals surface area contributed by atoms with Gasteiger partial charge in [-0.05, 0) is 40.9 Å². The lowest BCUT2D eigenvalue weighted by atomic mass is 10.4. The zero-order valence-corrected chi connectivity index (χ0v) is 17.2. The standard InChI is InChI=1S/C15H27N2O6PS/c1-10(2)22-24(19,23-11(3)4)9-21-12(5)8-20-14-7-13(18)16-15(17-14)25-6/h7,10-12H,8-9H2,1-6H3,(H,16,17,18)/t12-/m0/s1. The van der Waals surface area contributed by atoms with Gasteiger partial charge in [-0.3, -0.25) is 9.36 Å². The van der Waals surface area contributed by atoms with E-state index in [0.717, 1.165) is 0 Å². The van der Waals surface area contributed by atoms with Gasteiger partial charge in [0.25, 0.3) is 5.56 Å². The fourth-order valence-corrected chi connectivity index (χ4v) is 4.06. The van der Waals surface area contributed by atoms with Gasteiger partial charge in [-0.2, -0.15) is 4.98 Å². The van der Waals surface area contributed by atoms with Crippen LogP contribution in [0.1, 0.15) is 34.6 Å². The Morgan fingerprint density at radius 1 is 1.20 bits per heavy atom. The normalized spacial score (nSPS) is 13.4. The molecule has 0 saturated heterocycles. The summed E-state index contributed by atoms with van der Waals surface area (Å²) >= 11 is 1.31. The maximum absolute atomic E-state index is 12.7. The molecule has 1 N–H and O–H groups in total. The average Bonchev–Trinajstić information content (AvgIpc) is 2.48. The molecule has 25 heavy (non-hydrogen) atoms. The Kier molecular flexibility index (Phi) is 9.16. The van der Waals surface area contributed by atoms with Crippen LogP contribution in [0.2, 0.25) is 0 Å². The van der Waals surface area contributed by atoms with E-state index >= 15 is 0 Å². The van der Waals surface area contributed by atoms with E-state index in [0.29, 0.717) is 5.16 Å². The predicted octanol–water partition coefficient (Wildman–Crippen LogP) is 3.28. The van der Waals surface area contributed by atoms with Crippen LogP contribution >= 0.6 is 19.4 Å². The number of H-pyrrole nitrogens is 1. The van der Waals surface area contributed by atoms with E-state index in [1.165, 1.54) is 17.8 Å². The van der Waals surface area contributed by atoms with Gasteiger partial charge in [0.1, 0.15) is 13.0 Å². The van der Waals surface area contributed by atoms with Gasteiger partial charge < -0.3 is 23.5 Å². The number of aromatic nitrogens is 2. The van der Waals surface area contributed by atoms with Crippen molar-refractivity contribution >= 4 is 19.4 Å². The van der Waals surface area contributed by atoms with Gasteiger partial charge >= 0.3 is 7.60 Å². The molecule has 0 fully saturated rings. The summed E-state index contributed by atoms with van der Waals surface area (Å²) in [5.74, 6) is 0.212. The molecule has 1 aromatic rings. The Bertz CT molecular complexity index is 623. The highest BCUT2D eigenvalue weighted by molar-refractivity contribution is 7.98. The topological polar surface area (TPSA) is 99.7 Å². The van der Waals surface area contributed by atoms with Gasteiger partial charge in [0.2, 0.25) is 5.88 Å². The second-order valence-corrected chi connectivity index (χ2v) is 8.63. The highest BCUT2D eigenvalue weighted by Crippen LogP contribution is 2.50. The molecule has 0 aliphatic rings. The average molecular weight is 394 g/mol. The molecular weight excluding hydrogens is 367 g/mol. The summed E-state index contributed by atoms with van der Waals surface area (Å²) in [6.07, 6.45) is 0.746. The van der Waals surface area contributed by atoms with Crippen molar-refractivity contribution in [2.45, 2.75) is 58.1 Å². The third-order valence-corrected chi connectivity index (χ3v) is 5.15. The second kappa shape index (κ2) is 10.3. The lowest BCUT2D eigenvalue weighted by Gasteiger charge is -2.24. The maximum atomic E-state index is 12.7. The summed E-state index contributed by atoms with van der Waals surface area (Å²) in [5.41, 5.74) is -0.289. The summed E-state index contributed by atoms with van der Waals surface area (Å²) in [4.78, 5) is 18.2. The smallest absolute Gasteiger partial charge is 0.356 e. The van der Waals surface area contributed by atoms with Gasteiger partial charge in [0.05, 0.1) is 24.4 Å². The molecular formula is C15H27N2O6PS. The van der Waals surface area contributed by atoms with E-state index in [2.05, 4.69) is 9.97 Å². The van der Waals surface area contributed by atoms with Crippen molar-refractivity contribution in [2.24, 2.45) is 0 Å². The van der Waals surface area contributed by atoms with Crippen LogP contribution in [0.5, 0.6) is 5.88 Å². The number of thioether (sulfide) groups is 1.